The predicted octanol–water partition coefficient (Wildman–Crippen LogP) is 5.13. The summed E-state index contributed by atoms with van der Waals surface area (Å²) in [5.41, 5.74) is 1.11. The Kier molecular flexibility index (Phi) is 14.7. The number of carbonyl (C=O) groups is 4. The van der Waals surface area contributed by atoms with Gasteiger partial charge in [-0.25, -0.2) is 27.7 Å². The van der Waals surface area contributed by atoms with E-state index in [0.29, 0.717) is 70.9 Å². The SMILES string of the molecule is O=C(NCCCCCCN1C(=O)C=CC1=O)OCCNC(=O)N(CC1CNC[C@@H]1F)[C@@H](c1nc(-c2cc(F)ccc2F)cn1Cc1ccccc1)C1CCOCC1. The maximum Gasteiger partial charge on any atom is 0.407 e. The van der Waals surface area contributed by atoms with E-state index >= 15 is 8.78 Å². The number of alkyl carbamates (subject to hydrolysis) is 1. The quantitative estimate of drug-likeness (QED) is 0.119. The number of alkyl halides is 1. The van der Waals surface area contributed by atoms with Crippen molar-refractivity contribution in [2.75, 3.05) is 59.1 Å². The molecule has 5 amide bonds. The highest BCUT2D eigenvalue weighted by Crippen LogP contribution is 2.38. The maximum absolute atomic E-state index is 15.2. The molecule has 2 aromatic carbocycles. The Morgan fingerprint density at radius 2 is 1.72 bits per heavy atom. The number of hydrogen-bond donors (Lipinski definition) is 3. The minimum atomic E-state index is -1.19. The fourth-order valence-electron chi connectivity index (χ4n) is 7.53. The zero-order chi connectivity index (χ0) is 40.1. The van der Waals surface area contributed by atoms with E-state index in [0.717, 1.165) is 36.6 Å². The van der Waals surface area contributed by atoms with Crippen LogP contribution in [0.3, 0.4) is 0 Å². The predicted molar refractivity (Wildman–Crippen MR) is 204 cm³/mol. The first-order valence-corrected chi connectivity index (χ1v) is 19.7. The lowest BCUT2D eigenvalue weighted by Crippen LogP contribution is -2.50. The Hall–Kier alpha value is -5.22. The van der Waals surface area contributed by atoms with Gasteiger partial charge >= 0.3 is 12.1 Å². The van der Waals surface area contributed by atoms with Crippen LogP contribution >= 0.6 is 0 Å². The van der Waals surface area contributed by atoms with E-state index in [1.807, 2.05) is 34.9 Å². The Bertz CT molecular complexity index is 1850. The van der Waals surface area contributed by atoms with E-state index < -0.39 is 41.9 Å². The molecule has 13 nitrogen and oxygen atoms in total. The second-order valence-electron chi connectivity index (χ2n) is 14.6. The van der Waals surface area contributed by atoms with Gasteiger partial charge in [-0.15, -0.1) is 0 Å². The number of nitrogens with zero attached hydrogens (tertiary/aromatic N) is 4. The molecular weight excluding hydrogens is 743 g/mol. The molecule has 306 valence electrons. The zero-order valence-electron chi connectivity index (χ0n) is 31.8. The summed E-state index contributed by atoms with van der Waals surface area (Å²) >= 11 is 0. The molecule has 0 spiro atoms. The van der Waals surface area contributed by atoms with Gasteiger partial charge in [-0.05, 0) is 55.4 Å². The topological polar surface area (TPSA) is 147 Å². The average molecular weight is 794 g/mol. The van der Waals surface area contributed by atoms with Crippen LogP contribution in [0.15, 0.2) is 66.9 Å². The molecule has 0 aliphatic carbocycles. The molecule has 2 saturated heterocycles. The molecule has 4 heterocycles. The third-order valence-corrected chi connectivity index (χ3v) is 10.6. The zero-order valence-corrected chi connectivity index (χ0v) is 31.8. The molecule has 1 unspecified atom stereocenters. The Morgan fingerprint density at radius 3 is 2.46 bits per heavy atom. The second-order valence-corrected chi connectivity index (χ2v) is 14.6. The lowest BCUT2D eigenvalue weighted by atomic mass is 9.89. The first-order valence-electron chi connectivity index (χ1n) is 19.7. The van der Waals surface area contributed by atoms with Crippen molar-refractivity contribution in [2.45, 2.75) is 57.3 Å². The van der Waals surface area contributed by atoms with Gasteiger partial charge in [-0.3, -0.25) is 14.5 Å². The number of ether oxygens (including phenoxy) is 2. The normalized spacial score (nSPS) is 18.9. The van der Waals surface area contributed by atoms with E-state index in [-0.39, 0.29) is 55.2 Å². The Labute approximate surface area is 330 Å². The van der Waals surface area contributed by atoms with E-state index in [4.69, 9.17) is 14.5 Å². The molecule has 16 heteroatoms. The highest BCUT2D eigenvalue weighted by molar-refractivity contribution is 6.12. The monoisotopic (exact) mass is 793 g/mol. The van der Waals surface area contributed by atoms with Crippen molar-refractivity contribution >= 4 is 23.9 Å². The number of nitrogens with one attached hydrogen (secondary N) is 3. The van der Waals surface area contributed by atoms with E-state index in [1.54, 1.807) is 11.1 Å². The van der Waals surface area contributed by atoms with E-state index in [9.17, 15) is 23.6 Å². The van der Waals surface area contributed by atoms with Gasteiger partial charge in [0.25, 0.3) is 11.8 Å². The van der Waals surface area contributed by atoms with Crippen LogP contribution in [0.25, 0.3) is 11.3 Å². The van der Waals surface area contributed by atoms with Crippen LogP contribution in [0.5, 0.6) is 0 Å². The van der Waals surface area contributed by atoms with Crippen molar-refractivity contribution in [2.24, 2.45) is 11.8 Å². The average Bonchev–Trinajstić information content (AvgIpc) is 3.91. The highest BCUT2D eigenvalue weighted by atomic mass is 19.1. The number of imidazole rings is 1. The first kappa shape index (κ1) is 41.4. The number of hydrogen-bond acceptors (Lipinski definition) is 8. The van der Waals surface area contributed by atoms with Gasteiger partial charge in [0, 0.05) is 82.3 Å². The van der Waals surface area contributed by atoms with Crippen molar-refractivity contribution in [3.05, 3.63) is 89.9 Å². The highest BCUT2D eigenvalue weighted by Gasteiger charge is 2.40. The smallest absolute Gasteiger partial charge is 0.407 e. The lowest BCUT2D eigenvalue weighted by Gasteiger charge is -2.39. The van der Waals surface area contributed by atoms with Crippen LogP contribution in [-0.4, -0.2) is 109 Å². The maximum atomic E-state index is 15.2. The molecule has 57 heavy (non-hydrogen) atoms. The van der Waals surface area contributed by atoms with Crippen molar-refractivity contribution in [3.8, 4) is 11.3 Å². The molecule has 3 aromatic rings. The first-order chi connectivity index (χ1) is 27.7. The third kappa shape index (κ3) is 11.2. The third-order valence-electron chi connectivity index (χ3n) is 10.6. The van der Waals surface area contributed by atoms with Crippen LogP contribution in [0.4, 0.5) is 22.8 Å². The molecule has 0 saturated carbocycles. The minimum Gasteiger partial charge on any atom is -0.448 e. The van der Waals surface area contributed by atoms with E-state index in [2.05, 4.69) is 16.0 Å². The summed E-state index contributed by atoms with van der Waals surface area (Å²) in [7, 11) is 0. The second kappa shape index (κ2) is 20.3. The molecular formula is C41H50F3N7O6. The number of rotatable bonds is 18. The summed E-state index contributed by atoms with van der Waals surface area (Å²) in [5, 5.41) is 8.63. The fraction of sp³-hybridized carbons (Fsp3) is 0.488. The van der Waals surface area contributed by atoms with Gasteiger partial charge < -0.3 is 34.9 Å². The molecule has 6 rings (SSSR count). The van der Waals surface area contributed by atoms with Gasteiger partial charge in [-0.1, -0.05) is 43.2 Å². The molecule has 1 aromatic heterocycles. The Morgan fingerprint density at radius 1 is 0.965 bits per heavy atom. The Balaban J connectivity index is 1.13. The number of benzene rings is 2. The van der Waals surface area contributed by atoms with Crippen molar-refractivity contribution in [1.29, 1.82) is 0 Å². The summed E-state index contributed by atoms with van der Waals surface area (Å²) in [6, 6.07) is 11.6. The molecule has 0 bridgehead atoms. The van der Waals surface area contributed by atoms with Crippen molar-refractivity contribution in [3.63, 3.8) is 0 Å². The van der Waals surface area contributed by atoms with Crippen LogP contribution in [0, 0.1) is 23.5 Å². The molecule has 0 radical (unpaired) electrons. The number of amides is 5. The van der Waals surface area contributed by atoms with Gasteiger partial charge in [0.2, 0.25) is 0 Å². The number of unbranched alkanes of at least 4 members (excludes halogenated alkanes) is 3. The summed E-state index contributed by atoms with van der Waals surface area (Å²) in [6.45, 7) is 2.37. The minimum absolute atomic E-state index is 0.0188. The lowest BCUT2D eigenvalue weighted by molar-refractivity contribution is -0.136. The van der Waals surface area contributed by atoms with Crippen LogP contribution in [0.2, 0.25) is 0 Å². The number of urea groups is 1. The molecule has 3 N–H and O–H groups in total. The fourth-order valence-corrected chi connectivity index (χ4v) is 7.53. The van der Waals surface area contributed by atoms with Crippen molar-refractivity contribution in [1.82, 2.24) is 35.3 Å². The molecule has 3 aliphatic heterocycles. The van der Waals surface area contributed by atoms with Crippen molar-refractivity contribution < 1.29 is 41.8 Å². The van der Waals surface area contributed by atoms with Crippen LogP contribution < -0.4 is 16.0 Å². The largest absolute Gasteiger partial charge is 0.448 e. The van der Waals surface area contributed by atoms with E-state index in [1.165, 1.54) is 17.1 Å². The molecule has 3 atom stereocenters. The number of imide groups is 1. The van der Waals surface area contributed by atoms with Gasteiger partial charge in [0.15, 0.2) is 0 Å². The molecule has 3 aliphatic rings. The summed E-state index contributed by atoms with van der Waals surface area (Å²) in [4.78, 5) is 57.8. The standard InChI is InChI=1S/C41H50F3N7O6/c42-31-10-11-33(43)32(22-31)35-27-49(25-28-8-4-3-5-9-28)39(48-35)38(29-14-19-56-20-15-29)51(26-30-23-45-24-34(30)44)40(54)46-17-21-57-41(55)47-16-6-1-2-7-18-50-36(52)12-13-37(50)53/h3-5,8-13,22,27,29-30,34,38,45H,1-2,6-7,14-21,23-26H2,(H,46,54)(H,47,55)/t30?,34-,38+/m0/s1. The summed E-state index contributed by atoms with van der Waals surface area (Å²) < 4.78 is 57.7. The van der Waals surface area contributed by atoms with Gasteiger partial charge in [0.1, 0.15) is 30.2 Å². The van der Waals surface area contributed by atoms with Crippen LogP contribution in [0.1, 0.15) is 56.0 Å². The number of aromatic nitrogens is 2. The summed E-state index contributed by atoms with van der Waals surface area (Å²) in [6.07, 6.45) is 6.42. The number of carbonyl (C=O) groups excluding carboxylic acids is 4. The van der Waals surface area contributed by atoms with Crippen LogP contribution in [-0.2, 0) is 25.6 Å². The number of halogens is 3. The molecule has 2 fully saturated rings. The van der Waals surface area contributed by atoms with Gasteiger partial charge in [-0.2, -0.15) is 0 Å². The van der Waals surface area contributed by atoms with Gasteiger partial charge in [0.05, 0.1) is 18.3 Å². The summed E-state index contributed by atoms with van der Waals surface area (Å²) in [5.74, 6) is -2.09.